The van der Waals surface area contributed by atoms with Gasteiger partial charge in [0.05, 0.1) is 33.5 Å². The van der Waals surface area contributed by atoms with Crippen molar-refractivity contribution in [3.05, 3.63) is 36.3 Å². The molecule has 0 saturated heterocycles. The van der Waals surface area contributed by atoms with Crippen molar-refractivity contribution < 1.29 is 85.6 Å². The third-order valence-corrected chi connectivity index (χ3v) is 9.71. The number of furan rings is 1. The first kappa shape index (κ1) is 28.9. The minimum Gasteiger partial charge on any atom is -0.744 e. The average molecular weight is 545 g/mol. The molecule has 3 N–H and O–H groups in total. The molecular formula is C19H25KN2O8S3. The summed E-state index contributed by atoms with van der Waals surface area (Å²) in [6.45, 7) is -0.0623. The topological polar surface area (TPSA) is 177 Å². The number of rotatable bonds is 7. The van der Waals surface area contributed by atoms with E-state index in [0.717, 1.165) is 25.3 Å². The average Bonchev–Trinajstić information content (AvgIpc) is 3.17. The summed E-state index contributed by atoms with van der Waals surface area (Å²) in [4.78, 5) is -2.43. The zero-order chi connectivity index (χ0) is 23.6. The summed E-state index contributed by atoms with van der Waals surface area (Å²) < 4.78 is 92.1. The first-order valence-corrected chi connectivity index (χ1v) is 14.6. The van der Waals surface area contributed by atoms with Crippen LogP contribution in [0.5, 0.6) is 0 Å². The molecule has 1 aliphatic rings. The van der Waals surface area contributed by atoms with Crippen molar-refractivity contribution in [1.29, 1.82) is 0 Å². The molecule has 0 spiro atoms. The molecule has 1 heterocycles. The Morgan fingerprint density at radius 1 is 0.939 bits per heavy atom. The molecule has 0 atom stereocenters. The van der Waals surface area contributed by atoms with Crippen molar-refractivity contribution >= 4 is 35.7 Å². The predicted octanol–water partition coefficient (Wildman–Crippen LogP) is -0.666. The van der Waals surface area contributed by atoms with Crippen molar-refractivity contribution in [2.75, 3.05) is 5.32 Å². The molecule has 1 fully saturated rings. The van der Waals surface area contributed by atoms with Crippen LogP contribution in [0, 0.1) is 0 Å². The van der Waals surface area contributed by atoms with Crippen LogP contribution >= 0.6 is 0 Å². The summed E-state index contributed by atoms with van der Waals surface area (Å²) in [5.41, 5.74) is -0.340. The molecule has 2 aromatic rings. The van der Waals surface area contributed by atoms with Crippen LogP contribution in [0.1, 0.15) is 50.7 Å². The molecule has 0 bridgehead atoms. The van der Waals surface area contributed by atoms with Gasteiger partial charge in [0.15, 0.2) is 9.84 Å². The van der Waals surface area contributed by atoms with Gasteiger partial charge in [-0.3, -0.25) is 0 Å². The maximum Gasteiger partial charge on any atom is 1.00 e. The van der Waals surface area contributed by atoms with Crippen LogP contribution in [-0.2, 0) is 36.5 Å². The van der Waals surface area contributed by atoms with Gasteiger partial charge >= 0.3 is 51.4 Å². The van der Waals surface area contributed by atoms with E-state index in [0.29, 0.717) is 37.5 Å². The minimum absolute atomic E-state index is 0. The van der Waals surface area contributed by atoms with E-state index in [9.17, 15) is 29.8 Å². The quantitative estimate of drug-likeness (QED) is 0.338. The van der Waals surface area contributed by atoms with Gasteiger partial charge in [-0.05, 0) is 37.1 Å². The van der Waals surface area contributed by atoms with Crippen molar-refractivity contribution in [2.24, 2.45) is 5.14 Å². The van der Waals surface area contributed by atoms with E-state index in [2.05, 4.69) is 5.32 Å². The second kappa shape index (κ2) is 11.6. The maximum atomic E-state index is 13.5. The Bertz CT molecular complexity index is 1270. The van der Waals surface area contributed by atoms with Gasteiger partial charge in [-0.1, -0.05) is 32.1 Å². The minimum atomic E-state index is -5.16. The van der Waals surface area contributed by atoms with Crippen LogP contribution in [0.15, 0.2) is 49.6 Å². The van der Waals surface area contributed by atoms with Gasteiger partial charge in [0.1, 0.15) is 20.8 Å². The van der Waals surface area contributed by atoms with Crippen LogP contribution in [0.2, 0.25) is 0 Å². The number of primary sulfonamides is 1. The fourth-order valence-electron chi connectivity index (χ4n) is 3.84. The molecule has 178 valence electrons. The third kappa shape index (κ3) is 7.35. The fourth-order valence-corrected chi connectivity index (χ4v) is 7.83. The molecule has 14 heteroatoms. The van der Waals surface area contributed by atoms with Gasteiger partial charge in [0.25, 0.3) is 0 Å². The van der Waals surface area contributed by atoms with Gasteiger partial charge in [0.2, 0.25) is 10.0 Å². The zero-order valence-corrected chi connectivity index (χ0v) is 23.8. The molecule has 1 aliphatic carbocycles. The Hall–Kier alpha value is -0.294. The predicted molar refractivity (Wildman–Crippen MR) is 115 cm³/mol. The molecule has 0 unspecified atom stereocenters. The van der Waals surface area contributed by atoms with Crippen LogP contribution in [0.4, 0.5) is 5.69 Å². The maximum absolute atomic E-state index is 13.5. The Morgan fingerprint density at radius 2 is 1.55 bits per heavy atom. The Kier molecular flexibility index (Phi) is 10.2. The number of anilines is 1. The fraction of sp³-hybridized carbons (Fsp3) is 0.474. The Balaban J connectivity index is 0.00000385. The number of benzene rings is 1. The number of nitrogens with one attached hydrogen (secondary N) is 1. The first-order chi connectivity index (χ1) is 14.9. The largest absolute Gasteiger partial charge is 1.00 e. The van der Waals surface area contributed by atoms with E-state index in [1.165, 1.54) is 6.26 Å². The van der Waals surface area contributed by atoms with Crippen LogP contribution in [0.3, 0.4) is 0 Å². The summed E-state index contributed by atoms with van der Waals surface area (Å²) >= 11 is 0. The number of hydrogen-bond acceptors (Lipinski definition) is 9. The summed E-state index contributed by atoms with van der Waals surface area (Å²) in [5, 5.41) is 7.06. The van der Waals surface area contributed by atoms with Gasteiger partial charge in [0, 0.05) is 0 Å². The van der Waals surface area contributed by atoms with E-state index in [1.807, 2.05) is 0 Å². The molecule has 33 heavy (non-hydrogen) atoms. The summed E-state index contributed by atoms with van der Waals surface area (Å²) in [7, 11) is -14.0. The normalized spacial score (nSPS) is 16.4. The molecule has 1 aromatic carbocycles. The molecule has 0 aliphatic heterocycles. The van der Waals surface area contributed by atoms with Gasteiger partial charge in [-0.25, -0.2) is 30.4 Å². The third-order valence-electron chi connectivity index (χ3n) is 5.45. The molecule has 10 nitrogen and oxygen atoms in total. The molecule has 1 saturated carbocycles. The first-order valence-electron chi connectivity index (χ1n) is 10.1. The molecule has 3 rings (SSSR count). The van der Waals surface area contributed by atoms with Crippen molar-refractivity contribution in [1.82, 2.24) is 0 Å². The van der Waals surface area contributed by atoms with Gasteiger partial charge in [-0.15, -0.1) is 0 Å². The Labute approximate surface area is 236 Å². The monoisotopic (exact) mass is 544 g/mol. The number of nitrogens with two attached hydrogens (primary N) is 1. The van der Waals surface area contributed by atoms with E-state index in [4.69, 9.17) is 9.56 Å². The number of hydrogen-bond donors (Lipinski definition) is 2. The zero-order valence-electron chi connectivity index (χ0n) is 18.2. The van der Waals surface area contributed by atoms with Crippen LogP contribution in [-0.4, -0.2) is 35.1 Å². The Morgan fingerprint density at radius 3 is 2.06 bits per heavy atom. The van der Waals surface area contributed by atoms with Gasteiger partial charge in [-0.2, -0.15) is 0 Å². The number of sulfonamides is 1. The van der Waals surface area contributed by atoms with Gasteiger partial charge < -0.3 is 14.3 Å². The van der Waals surface area contributed by atoms with Crippen LogP contribution < -0.4 is 61.8 Å². The standard InChI is InChI=1S/C19H26N2O8S3.K/c20-31(24,25)19-12-17(32(26,27)28)16(21-13-14-7-6-10-29-14)11-18(19)30(22,23)15-8-4-2-1-3-5-9-15;/h6-7,10-12,15,21H,1-5,8-9,13H2,(H2,20,24,25)(H,26,27,28);/q;+1/p-1. The van der Waals surface area contributed by atoms with Crippen molar-refractivity contribution in [3.8, 4) is 0 Å². The molecule has 0 amide bonds. The molecule has 0 radical (unpaired) electrons. The summed E-state index contributed by atoms with van der Waals surface area (Å²) in [6, 6.07) is 4.58. The van der Waals surface area contributed by atoms with Crippen molar-refractivity contribution in [3.63, 3.8) is 0 Å². The second-order valence-corrected chi connectivity index (χ2v) is 12.8. The number of sulfone groups is 1. The smallest absolute Gasteiger partial charge is 0.744 e. The van der Waals surface area contributed by atoms with E-state index in [-0.39, 0.29) is 63.6 Å². The summed E-state index contributed by atoms with van der Waals surface area (Å²) in [5.74, 6) is 0.388. The molecule has 1 aromatic heterocycles. The summed E-state index contributed by atoms with van der Waals surface area (Å²) in [6.07, 6.45) is 6.18. The second-order valence-electron chi connectivity index (χ2n) is 7.74. The van der Waals surface area contributed by atoms with Crippen molar-refractivity contribution in [2.45, 2.75) is 71.4 Å². The SMILES string of the molecule is NS(=O)(=O)c1cc(S(=O)(=O)[O-])c(NCc2ccco2)cc1S(=O)(=O)C1CCCCCCC1.[K+]. The van der Waals surface area contributed by atoms with E-state index < -0.39 is 49.9 Å². The van der Waals surface area contributed by atoms with E-state index >= 15 is 0 Å². The van der Waals surface area contributed by atoms with E-state index in [1.54, 1.807) is 12.1 Å². The molecular weight excluding hydrogens is 520 g/mol. The van der Waals surface area contributed by atoms with Crippen LogP contribution in [0.25, 0.3) is 0 Å².